The molecule has 0 amide bonds. The summed E-state index contributed by atoms with van der Waals surface area (Å²) in [6.07, 6.45) is 6.55. The number of aryl methyl sites for hydroxylation is 3. The van der Waals surface area contributed by atoms with Crippen LogP contribution in [0.5, 0.6) is 0 Å². The molecule has 0 fully saturated rings. The highest BCUT2D eigenvalue weighted by Gasteiger charge is 2.36. The lowest BCUT2D eigenvalue weighted by Gasteiger charge is -2.05. The summed E-state index contributed by atoms with van der Waals surface area (Å²) in [6, 6.07) is 12.0. The molecule has 0 radical (unpaired) electrons. The standard InChI is InChI=1S/C23H26ClN6Si/c1-16(2)31(4)23-22(27-28-29(23)3)18-9-11-25-20(13-18)21-14-30(15-26-21)12-10-17-7-5-6-8-19(17)24/h5-9,11,13-16H,10,12H2,1-4H3/q+1. The molecular formula is C23H26ClN6Si+. The highest BCUT2D eigenvalue weighted by molar-refractivity contribution is 6.73. The lowest BCUT2D eigenvalue weighted by atomic mass is 10.1. The summed E-state index contributed by atoms with van der Waals surface area (Å²) in [7, 11) is 1.21. The van der Waals surface area contributed by atoms with Crippen LogP contribution in [-0.2, 0) is 20.0 Å². The van der Waals surface area contributed by atoms with Crippen molar-refractivity contribution in [3.05, 3.63) is 65.7 Å². The number of benzene rings is 1. The molecule has 31 heavy (non-hydrogen) atoms. The van der Waals surface area contributed by atoms with Crippen LogP contribution in [0.25, 0.3) is 22.6 Å². The molecule has 0 aliphatic carbocycles. The second-order valence-electron chi connectivity index (χ2n) is 8.02. The molecule has 0 spiro atoms. The SMILES string of the molecule is CC(C)[Si+](C)c1c(-c2ccnc(-c3cn(CCc4ccccc4Cl)cn3)c2)nnn1C. The lowest BCUT2D eigenvalue weighted by Crippen LogP contribution is -2.36. The number of pyridine rings is 1. The third-order valence-electron chi connectivity index (χ3n) is 5.59. The Labute approximate surface area is 189 Å². The molecule has 158 valence electrons. The molecule has 8 heteroatoms. The number of aromatic nitrogens is 6. The summed E-state index contributed by atoms with van der Waals surface area (Å²) in [5.74, 6) is 0. The van der Waals surface area contributed by atoms with Crippen molar-refractivity contribution in [2.24, 2.45) is 7.05 Å². The fourth-order valence-corrected chi connectivity index (χ4v) is 5.45. The first-order valence-electron chi connectivity index (χ1n) is 10.4. The molecular weight excluding hydrogens is 424 g/mol. The lowest BCUT2D eigenvalue weighted by molar-refractivity contribution is 0.696. The van der Waals surface area contributed by atoms with Gasteiger partial charge in [-0.05, 0) is 44.0 Å². The van der Waals surface area contributed by atoms with Crippen LogP contribution in [0.4, 0.5) is 0 Å². The minimum atomic E-state index is -0.770. The maximum Gasteiger partial charge on any atom is 0.375 e. The van der Waals surface area contributed by atoms with Crippen molar-refractivity contribution in [1.29, 1.82) is 0 Å². The first-order chi connectivity index (χ1) is 14.9. The maximum atomic E-state index is 6.28. The van der Waals surface area contributed by atoms with Gasteiger partial charge < -0.3 is 4.57 Å². The van der Waals surface area contributed by atoms with Gasteiger partial charge in [0.1, 0.15) is 11.4 Å². The van der Waals surface area contributed by atoms with Crippen molar-refractivity contribution in [2.45, 2.75) is 38.9 Å². The smallest absolute Gasteiger partial charge is 0.336 e. The molecule has 4 rings (SSSR count). The topological polar surface area (TPSA) is 61.4 Å². The number of hydrogen-bond donors (Lipinski definition) is 0. The first-order valence-corrected chi connectivity index (χ1v) is 12.8. The third-order valence-corrected chi connectivity index (χ3v) is 9.00. The summed E-state index contributed by atoms with van der Waals surface area (Å²) < 4.78 is 4.00. The van der Waals surface area contributed by atoms with Gasteiger partial charge in [-0.3, -0.25) is 4.98 Å². The summed E-state index contributed by atoms with van der Waals surface area (Å²) in [4.78, 5) is 9.13. The molecule has 3 aromatic heterocycles. The average molecular weight is 450 g/mol. The Morgan fingerprint density at radius 1 is 1.10 bits per heavy atom. The van der Waals surface area contributed by atoms with Crippen molar-refractivity contribution in [3.63, 3.8) is 0 Å². The molecule has 0 atom stereocenters. The van der Waals surface area contributed by atoms with Crippen LogP contribution in [0.3, 0.4) is 0 Å². The minimum Gasteiger partial charge on any atom is -0.336 e. The van der Waals surface area contributed by atoms with Gasteiger partial charge in [0.05, 0.1) is 24.1 Å². The van der Waals surface area contributed by atoms with Crippen LogP contribution in [0.15, 0.2) is 55.1 Å². The zero-order valence-electron chi connectivity index (χ0n) is 18.2. The highest BCUT2D eigenvalue weighted by atomic mass is 35.5. The van der Waals surface area contributed by atoms with Crippen molar-refractivity contribution >= 4 is 25.7 Å². The van der Waals surface area contributed by atoms with E-state index in [2.05, 4.69) is 57.4 Å². The van der Waals surface area contributed by atoms with E-state index < -0.39 is 8.80 Å². The Morgan fingerprint density at radius 3 is 2.68 bits per heavy atom. The molecule has 0 aliphatic rings. The van der Waals surface area contributed by atoms with E-state index in [9.17, 15) is 0 Å². The zero-order valence-corrected chi connectivity index (χ0v) is 20.0. The van der Waals surface area contributed by atoms with Gasteiger partial charge in [0.25, 0.3) is 0 Å². The second kappa shape index (κ2) is 9.16. The molecule has 0 N–H and O–H groups in total. The molecule has 0 bridgehead atoms. The predicted molar refractivity (Wildman–Crippen MR) is 127 cm³/mol. The average Bonchev–Trinajstić information content (AvgIpc) is 3.39. The molecule has 0 aliphatic heterocycles. The second-order valence-corrected chi connectivity index (χ2v) is 11.4. The van der Waals surface area contributed by atoms with Gasteiger partial charge in [-0.25, -0.2) is 9.67 Å². The Balaban J connectivity index is 1.57. The van der Waals surface area contributed by atoms with Crippen LogP contribution < -0.4 is 5.32 Å². The van der Waals surface area contributed by atoms with E-state index >= 15 is 0 Å². The van der Waals surface area contributed by atoms with E-state index in [0.717, 1.165) is 46.2 Å². The maximum absolute atomic E-state index is 6.28. The fourth-order valence-electron chi connectivity index (χ4n) is 3.55. The van der Waals surface area contributed by atoms with E-state index in [1.54, 1.807) is 0 Å². The summed E-state index contributed by atoms with van der Waals surface area (Å²) >= 11 is 6.28. The molecule has 0 saturated heterocycles. The van der Waals surface area contributed by atoms with Crippen LogP contribution in [0, 0.1) is 0 Å². The van der Waals surface area contributed by atoms with E-state index in [4.69, 9.17) is 11.6 Å². The summed E-state index contributed by atoms with van der Waals surface area (Å²) in [5.41, 5.74) is 5.39. The van der Waals surface area contributed by atoms with Gasteiger partial charge in [-0.2, -0.15) is 0 Å². The van der Waals surface area contributed by atoms with E-state index in [-0.39, 0.29) is 0 Å². The molecule has 4 aromatic rings. The van der Waals surface area contributed by atoms with Crippen molar-refractivity contribution in [3.8, 4) is 22.6 Å². The molecule has 1 aromatic carbocycles. The molecule has 3 heterocycles. The number of halogens is 1. The van der Waals surface area contributed by atoms with Gasteiger partial charge in [0.2, 0.25) is 5.32 Å². The fraction of sp³-hybridized carbons (Fsp3) is 0.304. The van der Waals surface area contributed by atoms with E-state index in [0.29, 0.717) is 5.54 Å². The monoisotopic (exact) mass is 449 g/mol. The number of nitrogens with zero attached hydrogens (tertiary/aromatic N) is 6. The molecule has 0 unspecified atom stereocenters. The van der Waals surface area contributed by atoms with E-state index in [1.165, 1.54) is 5.32 Å². The van der Waals surface area contributed by atoms with Gasteiger partial charge in [0, 0.05) is 36.6 Å². The van der Waals surface area contributed by atoms with Crippen LogP contribution in [0.1, 0.15) is 19.4 Å². The van der Waals surface area contributed by atoms with Gasteiger partial charge in [0.15, 0.2) is 0 Å². The highest BCUT2D eigenvalue weighted by Crippen LogP contribution is 2.23. The minimum absolute atomic E-state index is 0.594. The summed E-state index contributed by atoms with van der Waals surface area (Å²) in [6.45, 7) is 7.65. The Hall–Kier alpha value is -2.77. The quantitative estimate of drug-likeness (QED) is 0.393. The van der Waals surface area contributed by atoms with E-state index in [1.807, 2.05) is 54.7 Å². The van der Waals surface area contributed by atoms with Gasteiger partial charge >= 0.3 is 8.80 Å². The van der Waals surface area contributed by atoms with Gasteiger partial charge in [-0.1, -0.05) is 35.0 Å². The normalized spacial score (nSPS) is 11.3. The molecule has 6 nitrogen and oxygen atoms in total. The van der Waals surface area contributed by atoms with Gasteiger partial charge in [-0.15, -0.1) is 5.10 Å². The van der Waals surface area contributed by atoms with Crippen LogP contribution in [-0.4, -0.2) is 38.3 Å². The molecule has 0 saturated carbocycles. The number of imidazole rings is 1. The third kappa shape index (κ3) is 4.62. The largest absolute Gasteiger partial charge is 0.375 e. The van der Waals surface area contributed by atoms with Crippen LogP contribution in [0.2, 0.25) is 17.1 Å². The Kier molecular flexibility index (Phi) is 6.34. The summed E-state index contributed by atoms with van der Waals surface area (Å²) in [5, 5.41) is 10.8. The van der Waals surface area contributed by atoms with Crippen LogP contribution >= 0.6 is 11.6 Å². The Morgan fingerprint density at radius 2 is 1.90 bits per heavy atom. The van der Waals surface area contributed by atoms with Crippen molar-refractivity contribution in [1.82, 2.24) is 29.5 Å². The number of rotatable bonds is 7. The number of hydrogen-bond acceptors (Lipinski definition) is 4. The predicted octanol–water partition coefficient (Wildman–Crippen LogP) is 4.38. The van der Waals surface area contributed by atoms with Crippen molar-refractivity contribution in [2.75, 3.05) is 0 Å². The Bertz CT molecular complexity index is 1180. The first kappa shape index (κ1) is 21.5. The van der Waals surface area contributed by atoms with Crippen molar-refractivity contribution < 1.29 is 0 Å². The zero-order chi connectivity index (χ0) is 22.0.